The number of ether oxygens (including phenoxy) is 2. The predicted molar refractivity (Wildman–Crippen MR) is 128 cm³/mol. The van der Waals surface area contributed by atoms with Crippen molar-refractivity contribution in [2.45, 2.75) is 19.0 Å². The van der Waals surface area contributed by atoms with Gasteiger partial charge in [0.2, 0.25) is 5.91 Å². The number of amides is 1. The summed E-state index contributed by atoms with van der Waals surface area (Å²) in [4.78, 5) is 32.6. The molecule has 1 amide bonds. The summed E-state index contributed by atoms with van der Waals surface area (Å²) in [6.07, 6.45) is 0. The Morgan fingerprint density at radius 1 is 1.16 bits per heavy atom. The molecule has 0 aliphatic carbocycles. The van der Waals surface area contributed by atoms with Crippen molar-refractivity contribution in [1.29, 1.82) is 0 Å². The Balaban J connectivity index is 2.07. The van der Waals surface area contributed by atoms with Crippen molar-refractivity contribution >= 4 is 28.6 Å². The summed E-state index contributed by atoms with van der Waals surface area (Å²) in [5.41, 5.74) is 1.86. The lowest BCUT2D eigenvalue weighted by Crippen LogP contribution is -2.33. The van der Waals surface area contributed by atoms with Crippen LogP contribution in [0.1, 0.15) is 13.8 Å². The second-order valence-corrected chi connectivity index (χ2v) is 8.19. The van der Waals surface area contributed by atoms with E-state index < -0.39 is 0 Å². The van der Waals surface area contributed by atoms with Gasteiger partial charge in [-0.15, -0.1) is 0 Å². The molecular weight excluding hydrogens is 426 g/mol. The third-order valence-electron chi connectivity index (χ3n) is 4.89. The molecular formula is C24H27N3O4S. The van der Waals surface area contributed by atoms with Gasteiger partial charge in [-0.3, -0.25) is 14.2 Å². The first-order chi connectivity index (χ1) is 15.4. The van der Waals surface area contributed by atoms with Gasteiger partial charge >= 0.3 is 0 Å². The highest BCUT2D eigenvalue weighted by molar-refractivity contribution is 7.99. The minimum atomic E-state index is -0.216. The van der Waals surface area contributed by atoms with Crippen LogP contribution in [0.2, 0.25) is 0 Å². The van der Waals surface area contributed by atoms with E-state index in [1.165, 1.54) is 23.4 Å². The summed E-state index contributed by atoms with van der Waals surface area (Å²) in [7, 11) is 3.09. The van der Waals surface area contributed by atoms with Crippen molar-refractivity contribution in [2.75, 3.05) is 33.1 Å². The van der Waals surface area contributed by atoms with E-state index in [1.807, 2.05) is 19.9 Å². The number of nitrogens with zero attached hydrogens (tertiary/aromatic N) is 3. The molecule has 168 valence electrons. The molecule has 0 bridgehead atoms. The van der Waals surface area contributed by atoms with Crippen molar-refractivity contribution in [3.8, 4) is 17.2 Å². The number of fused-ring (bicyclic) bond motifs is 1. The normalized spacial score (nSPS) is 10.8. The molecule has 3 rings (SSSR count). The number of hydrogen-bond acceptors (Lipinski definition) is 6. The monoisotopic (exact) mass is 453 g/mol. The van der Waals surface area contributed by atoms with E-state index >= 15 is 0 Å². The average Bonchev–Trinajstić information content (AvgIpc) is 2.80. The largest absolute Gasteiger partial charge is 0.493 e. The molecule has 1 heterocycles. The molecule has 0 radical (unpaired) electrons. The summed E-state index contributed by atoms with van der Waals surface area (Å²) in [6, 6.07) is 12.4. The van der Waals surface area contributed by atoms with Crippen LogP contribution in [0, 0.1) is 0 Å². The highest BCUT2D eigenvalue weighted by Crippen LogP contribution is 2.30. The summed E-state index contributed by atoms with van der Waals surface area (Å²) in [5, 5.41) is 0.927. The molecule has 0 spiro atoms. The fourth-order valence-electron chi connectivity index (χ4n) is 3.32. The Morgan fingerprint density at radius 3 is 2.53 bits per heavy atom. The van der Waals surface area contributed by atoms with E-state index in [0.29, 0.717) is 46.3 Å². The zero-order valence-electron chi connectivity index (χ0n) is 18.8. The number of methoxy groups -OCH3 is 2. The number of thioether (sulfide) groups is 1. The molecule has 1 aromatic heterocycles. The van der Waals surface area contributed by atoms with Crippen LogP contribution in [0.15, 0.2) is 64.6 Å². The van der Waals surface area contributed by atoms with Crippen LogP contribution >= 0.6 is 11.8 Å². The first kappa shape index (κ1) is 23.4. The lowest BCUT2D eigenvalue weighted by atomic mass is 10.2. The number of rotatable bonds is 9. The lowest BCUT2D eigenvalue weighted by Gasteiger charge is -2.21. The second-order valence-electron chi connectivity index (χ2n) is 7.25. The zero-order chi connectivity index (χ0) is 23.3. The van der Waals surface area contributed by atoms with E-state index in [0.717, 1.165) is 5.57 Å². The predicted octanol–water partition coefficient (Wildman–Crippen LogP) is 3.92. The van der Waals surface area contributed by atoms with Gasteiger partial charge in [0.1, 0.15) is 0 Å². The Morgan fingerprint density at radius 2 is 1.88 bits per heavy atom. The van der Waals surface area contributed by atoms with Crippen molar-refractivity contribution in [1.82, 2.24) is 14.5 Å². The summed E-state index contributed by atoms with van der Waals surface area (Å²) >= 11 is 1.23. The fourth-order valence-corrected chi connectivity index (χ4v) is 4.24. The smallest absolute Gasteiger partial charge is 0.266 e. The molecule has 0 atom stereocenters. The van der Waals surface area contributed by atoms with Crippen LogP contribution < -0.4 is 15.0 Å². The van der Waals surface area contributed by atoms with Gasteiger partial charge in [-0.25, -0.2) is 4.98 Å². The summed E-state index contributed by atoms with van der Waals surface area (Å²) < 4.78 is 12.2. The molecule has 32 heavy (non-hydrogen) atoms. The molecule has 0 aliphatic rings. The van der Waals surface area contributed by atoms with Gasteiger partial charge in [0.05, 0.1) is 36.6 Å². The number of carbonyl (C=O) groups is 1. The van der Waals surface area contributed by atoms with Crippen LogP contribution in [-0.2, 0) is 4.79 Å². The number of para-hydroxylation sites is 1. The lowest BCUT2D eigenvalue weighted by molar-refractivity contribution is -0.127. The molecule has 0 aliphatic heterocycles. The number of carbonyl (C=O) groups excluding carboxylic acids is 1. The average molecular weight is 454 g/mol. The minimum absolute atomic E-state index is 0.0400. The van der Waals surface area contributed by atoms with Crippen molar-refractivity contribution < 1.29 is 14.3 Å². The molecule has 0 N–H and O–H groups in total. The van der Waals surface area contributed by atoms with Crippen LogP contribution in [0.5, 0.6) is 11.5 Å². The third kappa shape index (κ3) is 4.96. The second kappa shape index (κ2) is 10.4. The van der Waals surface area contributed by atoms with Gasteiger partial charge in [-0.1, -0.05) is 36.0 Å². The fraction of sp³-hybridized carbons (Fsp3) is 0.292. The van der Waals surface area contributed by atoms with Gasteiger partial charge in [-0.2, -0.15) is 0 Å². The molecule has 2 aromatic carbocycles. The minimum Gasteiger partial charge on any atom is -0.493 e. The molecule has 8 heteroatoms. The van der Waals surface area contributed by atoms with E-state index in [-0.39, 0.29) is 17.2 Å². The molecule has 0 saturated heterocycles. The van der Waals surface area contributed by atoms with Gasteiger partial charge in [0, 0.05) is 19.2 Å². The Bertz CT molecular complexity index is 1210. The molecule has 3 aromatic rings. The zero-order valence-corrected chi connectivity index (χ0v) is 19.6. The topological polar surface area (TPSA) is 73.7 Å². The maximum atomic E-state index is 13.4. The standard InChI is InChI=1S/C24H27N3O4S/c1-6-26(14-16(2)3)22(28)15-32-24-25-19-10-8-7-9-18(19)23(29)27(24)17-11-12-20(30-4)21(13-17)31-5/h7-13H,2,6,14-15H2,1,3-5H3. The SMILES string of the molecule is C=C(C)CN(CC)C(=O)CSc1nc2ccccc2c(=O)n1-c1ccc(OC)c(OC)c1. The molecule has 0 saturated carbocycles. The maximum absolute atomic E-state index is 13.4. The number of aromatic nitrogens is 2. The first-order valence-electron chi connectivity index (χ1n) is 10.2. The first-order valence-corrected chi connectivity index (χ1v) is 11.2. The third-order valence-corrected chi connectivity index (χ3v) is 5.81. The number of likely N-dealkylation sites (N-methyl/N-ethyl adjacent to an activating group) is 1. The summed E-state index contributed by atoms with van der Waals surface area (Å²) in [6.45, 7) is 8.80. The van der Waals surface area contributed by atoms with E-state index in [4.69, 9.17) is 14.5 Å². The van der Waals surface area contributed by atoms with Crippen molar-refractivity contribution in [3.05, 3.63) is 65.0 Å². The van der Waals surface area contributed by atoms with Crippen LogP contribution in [0.4, 0.5) is 0 Å². The van der Waals surface area contributed by atoms with Crippen molar-refractivity contribution in [3.63, 3.8) is 0 Å². The van der Waals surface area contributed by atoms with Gasteiger partial charge < -0.3 is 14.4 Å². The molecule has 0 unspecified atom stereocenters. The van der Waals surface area contributed by atoms with Gasteiger partial charge in [0.25, 0.3) is 5.56 Å². The highest BCUT2D eigenvalue weighted by Gasteiger charge is 2.18. The Hall–Kier alpha value is -3.26. The maximum Gasteiger partial charge on any atom is 0.266 e. The van der Waals surface area contributed by atoms with Crippen molar-refractivity contribution in [2.24, 2.45) is 0 Å². The number of benzene rings is 2. The van der Waals surface area contributed by atoms with Gasteiger partial charge in [-0.05, 0) is 38.1 Å². The van der Waals surface area contributed by atoms with E-state index in [2.05, 4.69) is 6.58 Å². The molecule has 7 nitrogen and oxygen atoms in total. The van der Waals surface area contributed by atoms with Gasteiger partial charge in [0.15, 0.2) is 16.7 Å². The Kier molecular flexibility index (Phi) is 7.58. The van der Waals surface area contributed by atoms with E-state index in [9.17, 15) is 9.59 Å². The summed E-state index contributed by atoms with van der Waals surface area (Å²) in [5.74, 6) is 1.16. The highest BCUT2D eigenvalue weighted by atomic mass is 32.2. The Labute approximate surface area is 191 Å². The van der Waals surface area contributed by atoms with Crippen LogP contribution in [0.25, 0.3) is 16.6 Å². The quantitative estimate of drug-likeness (QED) is 0.278. The van der Waals surface area contributed by atoms with E-state index in [1.54, 1.807) is 48.4 Å². The molecule has 0 fully saturated rings. The van der Waals surface area contributed by atoms with Crippen LogP contribution in [0.3, 0.4) is 0 Å². The number of hydrogen-bond donors (Lipinski definition) is 0. The van der Waals surface area contributed by atoms with Crippen LogP contribution in [-0.4, -0.2) is 53.4 Å².